The average Bonchev–Trinajstić information content (AvgIpc) is 4.13. The maximum atomic E-state index is 11.7. The largest absolute Gasteiger partial charge is 0.493 e. The maximum absolute atomic E-state index is 11.7. The number of rotatable bonds is 14. The zero-order valence-corrected chi connectivity index (χ0v) is 39.6. The number of halogens is 1. The fourth-order valence-corrected chi connectivity index (χ4v) is 7.77. The highest BCUT2D eigenvalue weighted by molar-refractivity contribution is 6.58. The lowest BCUT2D eigenvalue weighted by atomic mass is 9.80. The van der Waals surface area contributed by atoms with Gasteiger partial charge < -0.3 is 58.2 Å². The molecule has 0 spiro atoms. The number of methoxy groups -OCH3 is 4. The Bertz CT molecular complexity index is 2640. The second kappa shape index (κ2) is 21.8. The molecule has 0 unspecified atom stereocenters. The monoisotopic (exact) mass is 928 g/mol. The molecule has 6 aromatic rings. The third-order valence-electron chi connectivity index (χ3n) is 11.4. The number of hydrogen-bond acceptors (Lipinski definition) is 14. The van der Waals surface area contributed by atoms with E-state index in [1.807, 2.05) is 49.0 Å². The van der Waals surface area contributed by atoms with Crippen molar-refractivity contribution in [2.45, 2.75) is 78.7 Å². The summed E-state index contributed by atoms with van der Waals surface area (Å²) in [6.07, 6.45) is 4.21. The first-order chi connectivity index (χ1) is 31.5. The van der Waals surface area contributed by atoms with Crippen molar-refractivity contribution in [3.63, 3.8) is 0 Å². The number of ether oxygens (including phenoxy) is 6. The summed E-state index contributed by atoms with van der Waals surface area (Å²) in [7, 11) is 4.74. The Morgan fingerprint density at radius 3 is 1.58 bits per heavy atom. The number of carbonyl (C=O) groups excluding carboxylic acids is 2. The van der Waals surface area contributed by atoms with E-state index in [-0.39, 0.29) is 47.9 Å². The summed E-state index contributed by atoms with van der Waals surface area (Å²) in [6, 6.07) is 14.5. The topological polar surface area (TPSA) is 215 Å². The van der Waals surface area contributed by atoms with Crippen LogP contribution in [-0.4, -0.2) is 112 Å². The Morgan fingerprint density at radius 2 is 1.12 bits per heavy atom. The van der Waals surface area contributed by atoms with E-state index in [2.05, 4.69) is 57.8 Å². The summed E-state index contributed by atoms with van der Waals surface area (Å²) in [6.45, 7) is 13.5. The van der Waals surface area contributed by atoms with E-state index in [1.54, 1.807) is 38.7 Å². The molecular formula is C46H58BClN8O10. The summed E-state index contributed by atoms with van der Waals surface area (Å²) < 4.78 is 37.2. The molecular weight excluding hydrogens is 871 g/mol. The number of nitrogens with one attached hydrogen (secondary N) is 2. The van der Waals surface area contributed by atoms with Crippen LogP contribution >= 0.6 is 11.6 Å². The SMILES string of the molecule is CC(C)n1cnc2cc(Cl)nc(O[C@H](C)[C@H]3CNC(=O)C3)c21.COc1ccc(-c2cc3ncn(C(C)C)c3c(O[C@H](C)[C@H]3CNC(=O)C3)n2)cc1OC.COc1ccc(B(O)O)cc1OC. The first kappa shape index (κ1) is 49.1. The molecule has 0 aliphatic carbocycles. The van der Waals surface area contributed by atoms with Crippen LogP contribution in [0.5, 0.6) is 34.8 Å². The van der Waals surface area contributed by atoms with E-state index in [0.717, 1.165) is 33.3 Å². The number of pyridine rings is 2. The minimum atomic E-state index is -1.49. The highest BCUT2D eigenvalue weighted by atomic mass is 35.5. The molecule has 2 aromatic carbocycles. The minimum absolute atomic E-state index is 0.0601. The van der Waals surface area contributed by atoms with Crippen LogP contribution in [0, 0.1) is 11.8 Å². The third kappa shape index (κ3) is 11.4. The van der Waals surface area contributed by atoms with E-state index >= 15 is 0 Å². The summed E-state index contributed by atoms with van der Waals surface area (Å²) in [5.74, 6) is 3.67. The zero-order valence-electron chi connectivity index (χ0n) is 38.9. The summed E-state index contributed by atoms with van der Waals surface area (Å²) >= 11 is 6.07. The van der Waals surface area contributed by atoms with E-state index in [0.29, 0.717) is 71.3 Å². The van der Waals surface area contributed by atoms with Crippen LogP contribution in [0.4, 0.5) is 0 Å². The molecule has 2 aliphatic rings. The van der Waals surface area contributed by atoms with Gasteiger partial charge in [0.05, 0.1) is 57.8 Å². The van der Waals surface area contributed by atoms with Gasteiger partial charge in [0, 0.05) is 61.5 Å². The van der Waals surface area contributed by atoms with E-state index in [4.69, 9.17) is 55.1 Å². The predicted octanol–water partition coefficient (Wildman–Crippen LogP) is 5.55. The number of nitrogens with zero attached hydrogens (tertiary/aromatic N) is 6. The van der Waals surface area contributed by atoms with Gasteiger partial charge in [0.15, 0.2) is 23.0 Å². The van der Waals surface area contributed by atoms with E-state index in [1.165, 1.54) is 20.3 Å². The molecule has 352 valence electrons. The van der Waals surface area contributed by atoms with Gasteiger partial charge >= 0.3 is 7.12 Å². The number of imidazole rings is 2. The summed E-state index contributed by atoms with van der Waals surface area (Å²) in [4.78, 5) is 41.2. The van der Waals surface area contributed by atoms with Crippen molar-refractivity contribution in [2.24, 2.45) is 11.8 Å². The van der Waals surface area contributed by atoms with Gasteiger partial charge in [-0.3, -0.25) is 9.59 Å². The van der Waals surface area contributed by atoms with Crippen LogP contribution in [0.3, 0.4) is 0 Å². The van der Waals surface area contributed by atoms with E-state index < -0.39 is 7.12 Å². The van der Waals surface area contributed by atoms with Gasteiger partial charge in [-0.15, -0.1) is 0 Å². The molecule has 4 aromatic heterocycles. The highest BCUT2D eigenvalue weighted by Gasteiger charge is 2.31. The second-order valence-corrected chi connectivity index (χ2v) is 16.9. The van der Waals surface area contributed by atoms with Crippen molar-refractivity contribution in [3.05, 3.63) is 66.3 Å². The first-order valence-corrected chi connectivity index (χ1v) is 22.0. The molecule has 0 saturated carbocycles. The molecule has 66 heavy (non-hydrogen) atoms. The third-order valence-corrected chi connectivity index (χ3v) is 11.6. The number of hydrogen-bond donors (Lipinski definition) is 4. The molecule has 2 aliphatic heterocycles. The number of aromatic nitrogens is 6. The fraction of sp³-hybridized carbons (Fsp3) is 0.435. The van der Waals surface area contributed by atoms with Gasteiger partial charge in [0.1, 0.15) is 28.4 Å². The molecule has 0 radical (unpaired) electrons. The van der Waals surface area contributed by atoms with Crippen LogP contribution < -0.4 is 44.5 Å². The lowest BCUT2D eigenvalue weighted by Crippen LogP contribution is -2.29. The predicted molar refractivity (Wildman–Crippen MR) is 251 cm³/mol. The number of fused-ring (bicyclic) bond motifs is 2. The van der Waals surface area contributed by atoms with Crippen molar-refractivity contribution in [1.82, 2.24) is 39.7 Å². The van der Waals surface area contributed by atoms with Crippen molar-refractivity contribution in [3.8, 4) is 46.0 Å². The number of amides is 2. The van der Waals surface area contributed by atoms with Crippen LogP contribution in [0.15, 0.2) is 61.2 Å². The normalized spacial score (nSPS) is 16.5. The van der Waals surface area contributed by atoms with Gasteiger partial charge in [0.2, 0.25) is 23.6 Å². The van der Waals surface area contributed by atoms with Crippen LogP contribution in [0.25, 0.3) is 33.3 Å². The lowest BCUT2D eigenvalue weighted by molar-refractivity contribution is -0.120. The fourth-order valence-electron chi connectivity index (χ4n) is 7.59. The van der Waals surface area contributed by atoms with Gasteiger partial charge in [-0.05, 0) is 83.4 Å². The highest BCUT2D eigenvalue weighted by Crippen LogP contribution is 2.36. The molecule has 6 heterocycles. The Balaban J connectivity index is 0.000000179. The molecule has 4 atom stereocenters. The van der Waals surface area contributed by atoms with Crippen LogP contribution in [0.2, 0.25) is 5.15 Å². The second-order valence-electron chi connectivity index (χ2n) is 16.5. The Hall–Kier alpha value is -6.31. The van der Waals surface area contributed by atoms with Gasteiger partial charge in [-0.25, -0.2) is 15.0 Å². The van der Waals surface area contributed by atoms with Crippen molar-refractivity contribution in [2.75, 3.05) is 41.5 Å². The van der Waals surface area contributed by atoms with Gasteiger partial charge in [-0.1, -0.05) is 17.7 Å². The minimum Gasteiger partial charge on any atom is -0.493 e. The quantitative estimate of drug-likeness (QED) is 0.0779. The van der Waals surface area contributed by atoms with Gasteiger partial charge in [-0.2, -0.15) is 4.98 Å². The number of benzene rings is 2. The Morgan fingerprint density at radius 1 is 0.652 bits per heavy atom. The molecule has 2 amide bonds. The van der Waals surface area contributed by atoms with Crippen LogP contribution in [-0.2, 0) is 9.59 Å². The van der Waals surface area contributed by atoms with Crippen molar-refractivity contribution < 1.29 is 48.1 Å². The van der Waals surface area contributed by atoms with Crippen molar-refractivity contribution >= 4 is 58.1 Å². The first-order valence-electron chi connectivity index (χ1n) is 21.6. The van der Waals surface area contributed by atoms with Gasteiger partial charge in [0.25, 0.3) is 0 Å². The molecule has 18 nitrogen and oxygen atoms in total. The van der Waals surface area contributed by atoms with Crippen LogP contribution in [0.1, 0.15) is 66.5 Å². The van der Waals surface area contributed by atoms with E-state index in [9.17, 15) is 9.59 Å². The summed E-state index contributed by atoms with van der Waals surface area (Å²) in [5.41, 5.74) is 5.22. The number of carbonyl (C=O) groups is 2. The summed E-state index contributed by atoms with van der Waals surface area (Å²) in [5, 5.41) is 23.8. The molecule has 4 N–H and O–H groups in total. The standard InChI is InChI=1S/C23H28N4O4.C15H19ClN4O2.C8H11BO4/c1-13(2)27-12-25-18-10-17(15-6-7-19(29-4)20(8-15)30-5)26-23(22(18)27)31-14(3)16-9-21(28)24-11-16;1-8(2)20-7-18-11-5-12(16)19-15(14(11)20)22-9(3)10-4-13(21)17-6-10;1-12-7-4-3-6(9(10)11)5-8(7)13-2/h6-8,10,12-14,16H,9,11H2,1-5H3,(H,24,28);5,7-10H,4,6H2,1-3H3,(H,17,21);3-5,10-11H,1-2H3/t14-,16-;9-,10-;/m11./s1. The Kier molecular flexibility index (Phi) is 16.2. The Labute approximate surface area is 389 Å². The smallest absolute Gasteiger partial charge is 0.488 e. The average molecular weight is 929 g/mol. The molecule has 0 bridgehead atoms. The lowest BCUT2D eigenvalue weighted by Gasteiger charge is -2.21. The molecule has 8 rings (SSSR count). The maximum Gasteiger partial charge on any atom is 0.488 e. The zero-order chi connectivity index (χ0) is 47.8. The molecule has 2 saturated heterocycles. The molecule has 20 heteroatoms. The van der Waals surface area contributed by atoms with Crippen molar-refractivity contribution in [1.29, 1.82) is 0 Å². The molecule has 2 fully saturated rings.